The third-order valence-corrected chi connectivity index (χ3v) is 9.46. The summed E-state index contributed by atoms with van der Waals surface area (Å²) in [6, 6.07) is 66.5. The fourth-order valence-corrected chi connectivity index (χ4v) is 7.16. The summed E-state index contributed by atoms with van der Waals surface area (Å²) in [7, 11) is 0. The second kappa shape index (κ2) is 10.9. The second-order valence-corrected chi connectivity index (χ2v) is 12.1. The molecule has 0 heterocycles. The Morgan fingerprint density at radius 2 is 0.674 bits per heavy atom. The Morgan fingerprint density at radius 3 is 1.39 bits per heavy atom. The van der Waals surface area contributed by atoms with Crippen LogP contribution in [-0.2, 0) is 0 Å². The van der Waals surface area contributed by atoms with E-state index in [2.05, 4.69) is 182 Å². The lowest BCUT2D eigenvalue weighted by atomic mass is 9.89. The van der Waals surface area contributed by atoms with Crippen molar-refractivity contribution in [3.05, 3.63) is 182 Å². The standard InChI is InChI=1S/C46H30/c1-2-11-34-28-36(25-20-31(34)10-1)35-13-9-14-37(29-35)41-27-26-40(43-17-5-6-18-44(41)43)32-21-23-33(24-22-32)46-30-38-12-3-4-15-39(38)42-16-7-8-19-45(42)46/h1-30H. The smallest absolute Gasteiger partial charge is 0.00990 e. The fraction of sp³-hybridized carbons (Fsp3) is 0. The van der Waals surface area contributed by atoms with Crippen LogP contribution in [0, 0.1) is 0 Å². The van der Waals surface area contributed by atoms with Gasteiger partial charge in [-0.05, 0) is 106 Å². The fourth-order valence-electron chi connectivity index (χ4n) is 7.16. The van der Waals surface area contributed by atoms with Crippen molar-refractivity contribution in [3.8, 4) is 44.5 Å². The van der Waals surface area contributed by atoms with Crippen molar-refractivity contribution in [2.45, 2.75) is 0 Å². The van der Waals surface area contributed by atoms with Gasteiger partial charge in [0, 0.05) is 0 Å². The molecular formula is C46H30. The highest BCUT2D eigenvalue weighted by Crippen LogP contribution is 2.39. The van der Waals surface area contributed by atoms with Gasteiger partial charge in [-0.3, -0.25) is 0 Å². The van der Waals surface area contributed by atoms with Gasteiger partial charge >= 0.3 is 0 Å². The Morgan fingerprint density at radius 1 is 0.196 bits per heavy atom. The highest BCUT2D eigenvalue weighted by atomic mass is 14.2. The quantitative estimate of drug-likeness (QED) is 0.181. The first kappa shape index (κ1) is 26.4. The summed E-state index contributed by atoms with van der Waals surface area (Å²) in [5.74, 6) is 0. The van der Waals surface area contributed by atoms with Crippen molar-refractivity contribution in [2.75, 3.05) is 0 Å². The molecule has 0 aliphatic rings. The molecule has 9 aromatic carbocycles. The number of fused-ring (bicyclic) bond motifs is 5. The van der Waals surface area contributed by atoms with Crippen LogP contribution in [0.3, 0.4) is 0 Å². The Hall–Kier alpha value is -5.98. The molecule has 0 N–H and O–H groups in total. The Kier molecular flexibility index (Phi) is 6.25. The number of rotatable bonds is 4. The topological polar surface area (TPSA) is 0 Å². The molecule has 0 aliphatic carbocycles. The van der Waals surface area contributed by atoms with Crippen LogP contribution in [0.2, 0.25) is 0 Å². The van der Waals surface area contributed by atoms with Gasteiger partial charge in [0.2, 0.25) is 0 Å². The summed E-state index contributed by atoms with van der Waals surface area (Å²) in [5.41, 5.74) is 9.92. The molecule has 0 fully saturated rings. The molecule has 0 heteroatoms. The largest absolute Gasteiger partial charge is 0.0616 e. The van der Waals surface area contributed by atoms with Gasteiger partial charge in [-0.2, -0.15) is 0 Å². The number of hydrogen-bond acceptors (Lipinski definition) is 0. The lowest BCUT2D eigenvalue weighted by Crippen LogP contribution is -1.88. The molecule has 0 saturated carbocycles. The van der Waals surface area contributed by atoms with Crippen LogP contribution in [0.1, 0.15) is 0 Å². The lowest BCUT2D eigenvalue weighted by Gasteiger charge is -2.14. The van der Waals surface area contributed by atoms with Gasteiger partial charge in [0.1, 0.15) is 0 Å². The molecular weight excluding hydrogens is 553 g/mol. The third kappa shape index (κ3) is 4.47. The predicted molar refractivity (Wildman–Crippen MR) is 198 cm³/mol. The van der Waals surface area contributed by atoms with Crippen LogP contribution in [0.4, 0.5) is 0 Å². The van der Waals surface area contributed by atoms with Crippen molar-refractivity contribution >= 4 is 43.1 Å². The van der Waals surface area contributed by atoms with Crippen LogP contribution in [-0.4, -0.2) is 0 Å². The summed E-state index contributed by atoms with van der Waals surface area (Å²) in [4.78, 5) is 0. The average molecular weight is 583 g/mol. The van der Waals surface area contributed by atoms with Crippen molar-refractivity contribution in [1.29, 1.82) is 0 Å². The minimum atomic E-state index is 1.22. The first-order chi connectivity index (χ1) is 22.8. The van der Waals surface area contributed by atoms with E-state index in [1.54, 1.807) is 0 Å². The zero-order valence-electron chi connectivity index (χ0n) is 25.3. The third-order valence-electron chi connectivity index (χ3n) is 9.46. The summed E-state index contributed by atoms with van der Waals surface area (Å²) < 4.78 is 0. The highest BCUT2D eigenvalue weighted by molar-refractivity contribution is 6.14. The molecule has 9 aromatic rings. The van der Waals surface area contributed by atoms with E-state index < -0.39 is 0 Å². The summed E-state index contributed by atoms with van der Waals surface area (Å²) in [5, 5.41) is 10.2. The molecule has 0 atom stereocenters. The molecule has 0 unspecified atom stereocenters. The lowest BCUT2D eigenvalue weighted by molar-refractivity contribution is 1.60. The molecule has 9 rings (SSSR count). The zero-order valence-corrected chi connectivity index (χ0v) is 25.3. The van der Waals surface area contributed by atoms with Gasteiger partial charge in [0.05, 0.1) is 0 Å². The average Bonchev–Trinajstić information content (AvgIpc) is 3.14. The first-order valence-electron chi connectivity index (χ1n) is 15.9. The number of hydrogen-bond donors (Lipinski definition) is 0. The normalized spacial score (nSPS) is 11.5. The van der Waals surface area contributed by atoms with E-state index in [0.29, 0.717) is 0 Å². The zero-order chi connectivity index (χ0) is 30.5. The van der Waals surface area contributed by atoms with Crippen LogP contribution in [0.25, 0.3) is 87.6 Å². The monoisotopic (exact) mass is 582 g/mol. The maximum absolute atomic E-state index is 2.34. The van der Waals surface area contributed by atoms with Gasteiger partial charge < -0.3 is 0 Å². The summed E-state index contributed by atoms with van der Waals surface area (Å²) in [6.07, 6.45) is 0. The molecule has 0 aromatic heterocycles. The predicted octanol–water partition coefficient (Wildman–Crippen LogP) is 13.0. The molecule has 0 bridgehead atoms. The van der Waals surface area contributed by atoms with Crippen molar-refractivity contribution in [2.24, 2.45) is 0 Å². The van der Waals surface area contributed by atoms with E-state index in [1.807, 2.05) is 0 Å². The van der Waals surface area contributed by atoms with E-state index >= 15 is 0 Å². The van der Waals surface area contributed by atoms with E-state index in [1.165, 1.54) is 87.6 Å². The minimum Gasteiger partial charge on any atom is -0.0616 e. The molecule has 46 heavy (non-hydrogen) atoms. The second-order valence-electron chi connectivity index (χ2n) is 12.1. The Labute approximate surface area is 268 Å². The van der Waals surface area contributed by atoms with E-state index in [0.717, 1.165) is 0 Å². The van der Waals surface area contributed by atoms with E-state index in [9.17, 15) is 0 Å². The maximum atomic E-state index is 2.34. The van der Waals surface area contributed by atoms with Gasteiger partial charge in [0.25, 0.3) is 0 Å². The molecule has 0 aliphatic heterocycles. The molecule has 0 amide bonds. The van der Waals surface area contributed by atoms with Gasteiger partial charge in [-0.25, -0.2) is 0 Å². The summed E-state index contributed by atoms with van der Waals surface area (Å²) >= 11 is 0. The molecule has 0 nitrogen and oxygen atoms in total. The Bertz CT molecular complexity index is 2570. The molecule has 0 radical (unpaired) electrons. The van der Waals surface area contributed by atoms with Crippen molar-refractivity contribution in [1.82, 2.24) is 0 Å². The van der Waals surface area contributed by atoms with Crippen LogP contribution >= 0.6 is 0 Å². The molecule has 214 valence electrons. The van der Waals surface area contributed by atoms with Crippen LogP contribution in [0.5, 0.6) is 0 Å². The molecule has 0 spiro atoms. The minimum absolute atomic E-state index is 1.22. The van der Waals surface area contributed by atoms with E-state index in [4.69, 9.17) is 0 Å². The van der Waals surface area contributed by atoms with Crippen LogP contribution < -0.4 is 0 Å². The van der Waals surface area contributed by atoms with Gasteiger partial charge in [0.15, 0.2) is 0 Å². The first-order valence-corrected chi connectivity index (χ1v) is 15.9. The SMILES string of the molecule is c1cc(-c2ccc3ccccc3c2)cc(-c2ccc(-c3ccc(-c4cc5ccccc5c5ccccc45)cc3)c3ccccc23)c1. The Balaban J connectivity index is 1.12. The number of benzene rings is 9. The van der Waals surface area contributed by atoms with Crippen LogP contribution in [0.15, 0.2) is 182 Å². The molecule has 0 saturated heterocycles. The van der Waals surface area contributed by atoms with Gasteiger partial charge in [-0.15, -0.1) is 0 Å². The maximum Gasteiger partial charge on any atom is -0.00990 e. The highest BCUT2D eigenvalue weighted by Gasteiger charge is 2.12. The van der Waals surface area contributed by atoms with Gasteiger partial charge in [-0.1, -0.05) is 164 Å². The van der Waals surface area contributed by atoms with Crippen molar-refractivity contribution < 1.29 is 0 Å². The van der Waals surface area contributed by atoms with Crippen molar-refractivity contribution in [3.63, 3.8) is 0 Å². The van der Waals surface area contributed by atoms with E-state index in [-0.39, 0.29) is 0 Å². The summed E-state index contributed by atoms with van der Waals surface area (Å²) in [6.45, 7) is 0.